The number of nitrogens with one attached hydrogen (secondary N) is 1. The molecule has 6 heteroatoms. The highest BCUT2D eigenvalue weighted by molar-refractivity contribution is 9.10. The van der Waals surface area contributed by atoms with Crippen LogP contribution in [0.15, 0.2) is 56.1 Å². The number of benzene rings is 2. The first-order valence-corrected chi connectivity index (χ1v) is 10.0. The van der Waals surface area contributed by atoms with Gasteiger partial charge in [-0.25, -0.2) is 0 Å². The highest BCUT2D eigenvalue weighted by Gasteiger charge is 2.36. The van der Waals surface area contributed by atoms with Crippen LogP contribution in [0, 0.1) is 5.92 Å². The summed E-state index contributed by atoms with van der Waals surface area (Å²) in [6.07, 6.45) is 0.956. The molecule has 0 bridgehead atoms. The average molecular weight is 442 g/mol. The summed E-state index contributed by atoms with van der Waals surface area (Å²) >= 11 is 3.38. The molecule has 0 aliphatic carbocycles. The maximum atomic E-state index is 13.1. The van der Waals surface area contributed by atoms with Crippen LogP contribution in [0.25, 0.3) is 11.0 Å². The summed E-state index contributed by atoms with van der Waals surface area (Å²) in [4.78, 5) is 25.6. The topological polar surface area (TPSA) is 68.5 Å². The maximum Gasteiger partial charge on any atom is 0.288 e. The quantitative estimate of drug-likeness (QED) is 0.616. The summed E-state index contributed by atoms with van der Waals surface area (Å²) in [5.41, 5.74) is 1.33. The standard InChI is InChI=1S/C22H20BrNO4/c1-12(2)8-9-27-15-5-3-4-13(10-15)19-18-20(25)16-11-14(23)6-7-17(16)28-21(18)22(26)24-19/h3-7,10-12,19H,8-9H2,1-2H3,(H,24,26). The van der Waals surface area contributed by atoms with E-state index in [4.69, 9.17) is 9.15 Å². The predicted octanol–water partition coefficient (Wildman–Crippen LogP) is 4.81. The van der Waals surface area contributed by atoms with Gasteiger partial charge in [0.25, 0.3) is 5.91 Å². The molecule has 1 aromatic heterocycles. The number of hydrogen-bond donors (Lipinski definition) is 1. The van der Waals surface area contributed by atoms with Gasteiger partial charge in [0.1, 0.15) is 11.3 Å². The van der Waals surface area contributed by atoms with Gasteiger partial charge in [-0.05, 0) is 48.2 Å². The third-order valence-corrected chi connectivity index (χ3v) is 5.31. The molecule has 1 N–H and O–H groups in total. The first-order chi connectivity index (χ1) is 13.4. The van der Waals surface area contributed by atoms with Crippen LogP contribution < -0.4 is 15.5 Å². The fraction of sp³-hybridized carbons (Fsp3) is 0.273. The summed E-state index contributed by atoms with van der Waals surface area (Å²) in [5.74, 6) is 0.971. The van der Waals surface area contributed by atoms with Crippen molar-refractivity contribution < 1.29 is 13.9 Å². The lowest BCUT2D eigenvalue weighted by Gasteiger charge is -2.14. The molecule has 2 aromatic carbocycles. The van der Waals surface area contributed by atoms with Crippen LogP contribution in [0.3, 0.4) is 0 Å². The molecule has 5 nitrogen and oxygen atoms in total. The van der Waals surface area contributed by atoms with Crippen molar-refractivity contribution in [1.29, 1.82) is 0 Å². The molecule has 1 unspecified atom stereocenters. The number of amides is 1. The zero-order valence-corrected chi connectivity index (χ0v) is 17.2. The molecule has 0 radical (unpaired) electrons. The first-order valence-electron chi connectivity index (χ1n) is 9.24. The Morgan fingerprint density at radius 1 is 1.18 bits per heavy atom. The zero-order valence-electron chi connectivity index (χ0n) is 15.6. The first kappa shape index (κ1) is 18.7. The van der Waals surface area contributed by atoms with Gasteiger partial charge in [-0.2, -0.15) is 0 Å². The minimum atomic E-state index is -0.559. The SMILES string of the molecule is CC(C)CCOc1cccc(C2NC(=O)c3oc4ccc(Br)cc4c(=O)c32)c1. The third kappa shape index (κ3) is 3.44. The fourth-order valence-electron chi connectivity index (χ4n) is 3.33. The summed E-state index contributed by atoms with van der Waals surface area (Å²) in [7, 11) is 0. The van der Waals surface area contributed by atoms with Gasteiger partial charge in [-0.15, -0.1) is 0 Å². The molecule has 1 amide bonds. The minimum Gasteiger partial charge on any atom is -0.494 e. The van der Waals surface area contributed by atoms with Crippen molar-refractivity contribution >= 4 is 32.8 Å². The number of carbonyl (C=O) groups is 1. The van der Waals surface area contributed by atoms with Crippen LogP contribution in [0.4, 0.5) is 0 Å². The number of hydrogen-bond acceptors (Lipinski definition) is 4. The molecule has 0 saturated carbocycles. The van der Waals surface area contributed by atoms with E-state index < -0.39 is 6.04 Å². The smallest absolute Gasteiger partial charge is 0.288 e. The third-order valence-electron chi connectivity index (χ3n) is 4.81. The molecule has 2 heterocycles. The van der Waals surface area contributed by atoms with Gasteiger partial charge in [-0.1, -0.05) is 41.9 Å². The fourth-order valence-corrected chi connectivity index (χ4v) is 3.69. The molecule has 144 valence electrons. The van der Waals surface area contributed by atoms with Gasteiger partial charge in [0.15, 0.2) is 5.43 Å². The molecular formula is C22H20BrNO4. The largest absolute Gasteiger partial charge is 0.494 e. The molecular weight excluding hydrogens is 422 g/mol. The van der Waals surface area contributed by atoms with Crippen molar-refractivity contribution in [1.82, 2.24) is 5.32 Å². The van der Waals surface area contributed by atoms with E-state index in [0.29, 0.717) is 34.8 Å². The van der Waals surface area contributed by atoms with E-state index in [1.165, 1.54) is 0 Å². The molecule has 3 aromatic rings. The van der Waals surface area contributed by atoms with Crippen molar-refractivity contribution in [3.05, 3.63) is 74.0 Å². The number of rotatable bonds is 5. The Balaban J connectivity index is 1.74. The van der Waals surface area contributed by atoms with Crippen LogP contribution in [0.5, 0.6) is 5.75 Å². The van der Waals surface area contributed by atoms with Gasteiger partial charge >= 0.3 is 0 Å². The lowest BCUT2D eigenvalue weighted by Crippen LogP contribution is -2.22. The van der Waals surface area contributed by atoms with E-state index in [-0.39, 0.29) is 17.1 Å². The van der Waals surface area contributed by atoms with E-state index >= 15 is 0 Å². The minimum absolute atomic E-state index is 0.0796. The van der Waals surface area contributed by atoms with Crippen LogP contribution in [0.2, 0.25) is 0 Å². The molecule has 0 saturated heterocycles. The summed E-state index contributed by atoms with van der Waals surface area (Å²) in [6, 6.07) is 12.1. The van der Waals surface area contributed by atoms with E-state index in [9.17, 15) is 9.59 Å². The Morgan fingerprint density at radius 3 is 2.79 bits per heavy atom. The lowest BCUT2D eigenvalue weighted by molar-refractivity contribution is 0.0938. The highest BCUT2D eigenvalue weighted by Crippen LogP contribution is 2.32. The zero-order chi connectivity index (χ0) is 19.8. The number of carbonyl (C=O) groups excluding carboxylic acids is 1. The second-order valence-corrected chi connectivity index (χ2v) is 8.24. The Labute approximate surface area is 170 Å². The van der Waals surface area contributed by atoms with Crippen molar-refractivity contribution in [2.75, 3.05) is 6.61 Å². The Hall–Kier alpha value is -2.60. The van der Waals surface area contributed by atoms with Crippen molar-refractivity contribution in [2.24, 2.45) is 5.92 Å². The van der Waals surface area contributed by atoms with E-state index in [1.807, 2.05) is 24.3 Å². The summed E-state index contributed by atoms with van der Waals surface area (Å²) in [5, 5.41) is 3.31. The average Bonchev–Trinajstić information content (AvgIpc) is 2.99. The highest BCUT2D eigenvalue weighted by atomic mass is 79.9. The molecule has 1 aliphatic rings. The molecule has 0 fully saturated rings. The molecule has 0 spiro atoms. The van der Waals surface area contributed by atoms with E-state index in [1.54, 1.807) is 18.2 Å². The second kappa shape index (κ2) is 7.43. The number of fused-ring (bicyclic) bond motifs is 2. The maximum absolute atomic E-state index is 13.1. The van der Waals surface area contributed by atoms with Gasteiger partial charge < -0.3 is 14.5 Å². The molecule has 1 atom stereocenters. The van der Waals surface area contributed by atoms with Gasteiger partial charge in [0.05, 0.1) is 23.6 Å². The Morgan fingerprint density at radius 2 is 2.00 bits per heavy atom. The monoisotopic (exact) mass is 441 g/mol. The molecule has 1 aliphatic heterocycles. The summed E-state index contributed by atoms with van der Waals surface area (Å²) in [6.45, 7) is 4.91. The predicted molar refractivity (Wildman–Crippen MR) is 111 cm³/mol. The van der Waals surface area contributed by atoms with Gasteiger partial charge in [-0.3, -0.25) is 9.59 Å². The second-order valence-electron chi connectivity index (χ2n) is 7.32. The number of ether oxygens (including phenoxy) is 1. The number of halogens is 1. The normalized spacial score (nSPS) is 15.7. The lowest BCUT2D eigenvalue weighted by atomic mass is 9.99. The van der Waals surface area contributed by atoms with E-state index in [0.717, 1.165) is 16.5 Å². The van der Waals surface area contributed by atoms with Crippen molar-refractivity contribution in [3.63, 3.8) is 0 Å². The van der Waals surface area contributed by atoms with Crippen LogP contribution in [-0.4, -0.2) is 12.5 Å². The van der Waals surface area contributed by atoms with Crippen LogP contribution in [-0.2, 0) is 0 Å². The Kier molecular flexibility index (Phi) is 4.98. The molecule has 4 rings (SSSR count). The van der Waals surface area contributed by atoms with Crippen LogP contribution >= 0.6 is 15.9 Å². The van der Waals surface area contributed by atoms with Crippen molar-refractivity contribution in [3.8, 4) is 5.75 Å². The van der Waals surface area contributed by atoms with Crippen LogP contribution in [0.1, 0.15) is 48.0 Å². The molecule has 28 heavy (non-hydrogen) atoms. The Bertz CT molecular complexity index is 1120. The van der Waals surface area contributed by atoms with Gasteiger partial charge in [0, 0.05) is 4.47 Å². The van der Waals surface area contributed by atoms with E-state index in [2.05, 4.69) is 35.1 Å². The van der Waals surface area contributed by atoms with Gasteiger partial charge in [0.2, 0.25) is 5.76 Å². The van der Waals surface area contributed by atoms with Crippen molar-refractivity contribution in [2.45, 2.75) is 26.3 Å². The summed E-state index contributed by atoms with van der Waals surface area (Å²) < 4.78 is 12.4.